The van der Waals surface area contributed by atoms with Crippen molar-refractivity contribution in [2.45, 2.75) is 77.0 Å². The van der Waals surface area contributed by atoms with Gasteiger partial charge in [0.05, 0.1) is 62.6 Å². The third-order valence-electron chi connectivity index (χ3n) is 25.9. The van der Waals surface area contributed by atoms with Gasteiger partial charge in [0.2, 0.25) is 0 Å². The van der Waals surface area contributed by atoms with Gasteiger partial charge in [-0.05, 0) is 239 Å². The Bertz CT molecular complexity index is 5900. The normalized spacial score (nSPS) is 14.9. The average molecular weight is 1340 g/mol. The Morgan fingerprint density at radius 3 is 0.867 bits per heavy atom. The highest BCUT2D eigenvalue weighted by molar-refractivity contribution is 6.01. The molecule has 0 bridgehead atoms. The molecule has 6 aliphatic carbocycles. The van der Waals surface area contributed by atoms with E-state index in [1.165, 1.54) is 252 Å². The number of aromatic nitrogens is 3. The van der Waals surface area contributed by atoms with Gasteiger partial charge in [0.25, 0.3) is 0 Å². The molecule has 9 heterocycles. The van der Waals surface area contributed by atoms with E-state index in [0.29, 0.717) is 0 Å². The molecule has 6 aliphatic heterocycles. The zero-order valence-corrected chi connectivity index (χ0v) is 57.9. The quantitative estimate of drug-likeness (QED) is 0.151. The number of hydrogen-bond acceptors (Lipinski definition) is 6. The largest absolute Gasteiger partial charge is 0.309 e. The van der Waals surface area contributed by atoms with Gasteiger partial charge >= 0.3 is 0 Å². The van der Waals surface area contributed by atoms with Crippen LogP contribution in [0, 0.1) is 0 Å². The molecular weight excluding hydrogens is 1270 g/mol. The van der Waals surface area contributed by atoms with E-state index in [-0.39, 0.29) is 0 Å². The summed E-state index contributed by atoms with van der Waals surface area (Å²) >= 11 is 0. The molecule has 0 saturated heterocycles. The first-order chi connectivity index (χ1) is 52.0. The minimum Gasteiger partial charge on any atom is -0.309 e. The fourth-order valence-electron chi connectivity index (χ4n) is 21.5. The van der Waals surface area contributed by atoms with Crippen LogP contribution in [-0.2, 0) is 77.0 Å². The van der Waals surface area contributed by atoms with Crippen molar-refractivity contribution < 1.29 is 0 Å². The number of benzene rings is 12. The molecule has 0 saturated carbocycles. The van der Waals surface area contributed by atoms with Crippen LogP contribution >= 0.6 is 0 Å². The topological polar surface area (TPSA) is 48.4 Å². The molecule has 3 aromatic heterocycles. The Morgan fingerprint density at radius 2 is 0.457 bits per heavy atom. The van der Waals surface area contributed by atoms with E-state index in [1.807, 2.05) is 12.4 Å². The van der Waals surface area contributed by atoms with E-state index < -0.39 is 0 Å². The molecule has 105 heavy (non-hydrogen) atoms. The highest BCUT2D eigenvalue weighted by Crippen LogP contribution is 2.61. The van der Waals surface area contributed by atoms with Crippen molar-refractivity contribution >= 4 is 51.2 Å². The second-order valence-corrected chi connectivity index (χ2v) is 31.0. The van der Waals surface area contributed by atoms with Crippen LogP contribution in [0.4, 0.5) is 51.2 Å². The van der Waals surface area contributed by atoms with Gasteiger partial charge in [-0.2, -0.15) is 0 Å². The average Bonchev–Trinajstić information content (AvgIpc) is 1.69. The standard InChI is InChI=1S/3C33H22N2/c1-3-7-24-19(5-1)14-28-26(24)11-12-31-29(28)16-23-18-34-17-22-13-21-9-10-27-25-8-4-2-6-20(25)15-30(27)33(21)35(31)32(22)23;1-3-7-23-19(5-1)16-27-25(23)11-12-31-28(27)18-30-33-22(13-14-34-30)15-21-9-10-26-24-8-4-2-6-20(24)17-29(26)32(21)35(31)33;1-3-7-23-19(5-1)15-27-25(23)11-12-31-28(27)17-22-13-14-34-30-18-21-9-10-26-24-8-4-2-6-20(24)16-29(26)32(21)35(31)33(22)30/h1-12,17-18H,13-16H2;2*1-14H,15-18H2. The molecule has 12 aromatic carbocycles. The summed E-state index contributed by atoms with van der Waals surface area (Å²) in [6.07, 6.45) is 20.0. The molecule has 27 rings (SSSR count). The summed E-state index contributed by atoms with van der Waals surface area (Å²) in [5.41, 5.74) is 63.3. The first-order valence-corrected chi connectivity index (χ1v) is 37.7. The lowest BCUT2D eigenvalue weighted by Gasteiger charge is -2.41. The van der Waals surface area contributed by atoms with E-state index in [1.54, 1.807) is 0 Å². The number of pyridine rings is 3. The minimum absolute atomic E-state index is 0.907. The van der Waals surface area contributed by atoms with Crippen LogP contribution in [0.1, 0.15) is 134 Å². The van der Waals surface area contributed by atoms with Crippen molar-refractivity contribution in [2.24, 2.45) is 0 Å². The third-order valence-corrected chi connectivity index (χ3v) is 25.9. The number of rotatable bonds is 0. The van der Waals surface area contributed by atoms with E-state index in [2.05, 4.69) is 258 Å². The van der Waals surface area contributed by atoms with E-state index >= 15 is 0 Å². The maximum absolute atomic E-state index is 4.95. The maximum Gasteiger partial charge on any atom is 0.0716 e. The Morgan fingerprint density at radius 1 is 0.181 bits per heavy atom. The molecule has 15 aromatic rings. The van der Waals surface area contributed by atoms with Crippen LogP contribution in [0.2, 0.25) is 0 Å². The first kappa shape index (κ1) is 57.1. The van der Waals surface area contributed by atoms with Crippen molar-refractivity contribution in [1.29, 1.82) is 0 Å². The molecule has 6 nitrogen and oxygen atoms in total. The van der Waals surface area contributed by atoms with Crippen molar-refractivity contribution in [3.05, 3.63) is 389 Å². The molecular formula is C99H66N6. The molecule has 0 N–H and O–H groups in total. The van der Waals surface area contributed by atoms with Crippen LogP contribution < -0.4 is 14.7 Å². The summed E-state index contributed by atoms with van der Waals surface area (Å²) in [5.74, 6) is 0. The maximum atomic E-state index is 4.95. The van der Waals surface area contributed by atoms with Crippen LogP contribution in [-0.4, -0.2) is 15.0 Å². The summed E-state index contributed by atoms with van der Waals surface area (Å²) in [5, 5.41) is 0. The van der Waals surface area contributed by atoms with Gasteiger partial charge < -0.3 is 14.7 Å². The molecule has 0 unspecified atom stereocenters. The van der Waals surface area contributed by atoms with Crippen LogP contribution in [0.5, 0.6) is 0 Å². The SMILES string of the molecule is c1ccc2c(c1)Cc1c-2ccc2c1Cc1ccnc3c1N2c1c(ccc2c1Cc1ccccc1-2)C3.c1ccc2c(c1)Cc1c-2ccc2c1Cc1cncc3c1N2c1c(ccc2c1Cc1ccccc1-2)C3.c1ccc2c(c1)Cc1c-2ccc2c1Cc1nccc3c1N2c1c(ccc2c1Cc1ccccc1-2)C3. The summed E-state index contributed by atoms with van der Waals surface area (Å²) in [6.45, 7) is 0. The summed E-state index contributed by atoms with van der Waals surface area (Å²) < 4.78 is 0. The molecule has 0 radical (unpaired) electrons. The molecule has 6 heteroatoms. The number of fused-ring (bicyclic) bond motifs is 36. The number of hydrogen-bond donors (Lipinski definition) is 0. The number of nitrogens with zero attached hydrogens (tertiary/aromatic N) is 6. The van der Waals surface area contributed by atoms with E-state index in [4.69, 9.17) is 15.0 Å². The van der Waals surface area contributed by atoms with Gasteiger partial charge in [0, 0.05) is 82.6 Å². The second-order valence-electron chi connectivity index (χ2n) is 31.0. The van der Waals surface area contributed by atoms with Gasteiger partial charge in [-0.15, -0.1) is 0 Å². The monoisotopic (exact) mass is 1340 g/mol. The Hall–Kier alpha value is -12.5. The molecule has 0 fully saturated rings. The van der Waals surface area contributed by atoms with Crippen LogP contribution in [0.15, 0.2) is 255 Å². The van der Waals surface area contributed by atoms with Gasteiger partial charge in [0.1, 0.15) is 0 Å². The summed E-state index contributed by atoms with van der Waals surface area (Å²) in [6, 6.07) is 86.4. The molecule has 12 aliphatic rings. The van der Waals surface area contributed by atoms with E-state index in [9.17, 15) is 0 Å². The summed E-state index contributed by atoms with van der Waals surface area (Å²) in [4.78, 5) is 22.3. The predicted octanol–water partition coefficient (Wildman–Crippen LogP) is 22.5. The fourth-order valence-corrected chi connectivity index (χ4v) is 21.5. The lowest BCUT2D eigenvalue weighted by molar-refractivity contribution is 0.944. The van der Waals surface area contributed by atoms with E-state index in [0.717, 1.165) is 77.0 Å². The van der Waals surface area contributed by atoms with Crippen LogP contribution in [0.25, 0.3) is 66.8 Å². The molecule has 0 atom stereocenters. The van der Waals surface area contributed by atoms with Crippen molar-refractivity contribution in [1.82, 2.24) is 15.0 Å². The van der Waals surface area contributed by atoms with Crippen LogP contribution in [0.3, 0.4) is 0 Å². The van der Waals surface area contributed by atoms with Gasteiger partial charge in [-0.3, -0.25) is 15.0 Å². The Balaban J connectivity index is 0.0000000914. The zero-order valence-electron chi connectivity index (χ0n) is 57.9. The highest BCUT2D eigenvalue weighted by Gasteiger charge is 2.43. The molecule has 492 valence electrons. The second kappa shape index (κ2) is 21.1. The van der Waals surface area contributed by atoms with Crippen molar-refractivity contribution in [2.75, 3.05) is 14.7 Å². The summed E-state index contributed by atoms with van der Waals surface area (Å²) in [7, 11) is 0. The first-order valence-electron chi connectivity index (χ1n) is 37.7. The minimum atomic E-state index is 0.907. The lowest BCUT2D eigenvalue weighted by Crippen LogP contribution is -2.27. The fraction of sp³-hybridized carbons (Fsp3) is 0.121. The van der Waals surface area contributed by atoms with Crippen molar-refractivity contribution in [3.8, 4) is 66.8 Å². The molecule has 0 spiro atoms. The zero-order chi connectivity index (χ0) is 68.0. The Labute approximate surface area is 609 Å². The predicted molar refractivity (Wildman–Crippen MR) is 423 cm³/mol. The Kier molecular flexibility index (Phi) is 11.5. The van der Waals surface area contributed by atoms with Gasteiger partial charge in [-0.25, -0.2) is 0 Å². The smallest absolute Gasteiger partial charge is 0.0716 e. The van der Waals surface area contributed by atoms with Gasteiger partial charge in [0.15, 0.2) is 0 Å². The lowest BCUT2D eigenvalue weighted by atomic mass is 9.83. The third kappa shape index (κ3) is 7.85. The van der Waals surface area contributed by atoms with Crippen molar-refractivity contribution in [3.63, 3.8) is 0 Å². The highest BCUT2D eigenvalue weighted by atomic mass is 15.2. The number of anilines is 9. The van der Waals surface area contributed by atoms with Gasteiger partial charge in [-0.1, -0.05) is 200 Å². The molecule has 0 amide bonds.